The van der Waals surface area contributed by atoms with Crippen molar-refractivity contribution in [3.63, 3.8) is 0 Å². The molecule has 2 aromatic rings. The van der Waals surface area contributed by atoms with Gasteiger partial charge >= 0.3 is 5.63 Å². The topological polar surface area (TPSA) is 64.2 Å². The molecule has 5 heteroatoms. The number of nitrogens with zero attached hydrogens (tertiary/aromatic N) is 1. The predicted octanol–water partition coefficient (Wildman–Crippen LogP) is 4.15. The number of nitrogens with one attached hydrogen (secondary N) is 1. The van der Waals surface area contributed by atoms with E-state index in [9.17, 15) is 9.59 Å². The summed E-state index contributed by atoms with van der Waals surface area (Å²) in [7, 11) is 0. The van der Waals surface area contributed by atoms with Crippen LogP contribution in [0.3, 0.4) is 0 Å². The Kier molecular flexibility index (Phi) is 6.78. The standard InChI is InChI=1S/C21H26N2O3.H2/c1-5-18(15(2)3)8-6-7-17-9-11-19(12-10-17)20-13-23(26-21(20)25)14-22-16(4)24;/h5-6,8-13,15H,7,14H2,1-4H3,(H,22,24);1H/b8-6-,18-5+;. The zero-order chi connectivity index (χ0) is 19.1. The molecule has 0 fully saturated rings. The van der Waals surface area contributed by atoms with Gasteiger partial charge in [-0.2, -0.15) is 4.74 Å². The predicted molar refractivity (Wildman–Crippen MR) is 106 cm³/mol. The molecule has 0 atom stereocenters. The Balaban J connectivity index is 0.00000364. The summed E-state index contributed by atoms with van der Waals surface area (Å²) in [5.41, 5.74) is 3.35. The van der Waals surface area contributed by atoms with Gasteiger partial charge in [0.15, 0.2) is 0 Å². The van der Waals surface area contributed by atoms with Crippen molar-refractivity contribution in [2.24, 2.45) is 5.92 Å². The van der Waals surface area contributed by atoms with Crippen molar-refractivity contribution < 1.29 is 10.7 Å². The zero-order valence-corrected chi connectivity index (χ0v) is 15.8. The zero-order valence-electron chi connectivity index (χ0n) is 15.8. The van der Waals surface area contributed by atoms with Crippen LogP contribution in [0.1, 0.15) is 34.7 Å². The van der Waals surface area contributed by atoms with Gasteiger partial charge < -0.3 is 9.84 Å². The first-order chi connectivity index (χ1) is 12.4. The normalized spacial score (nSPS) is 12.1. The van der Waals surface area contributed by atoms with E-state index in [0.29, 0.717) is 11.5 Å². The fourth-order valence-corrected chi connectivity index (χ4v) is 2.61. The maximum Gasteiger partial charge on any atom is 0.365 e. The number of aromatic nitrogens is 1. The van der Waals surface area contributed by atoms with E-state index in [0.717, 1.165) is 12.0 Å². The molecule has 1 N–H and O–H groups in total. The third-order valence-electron chi connectivity index (χ3n) is 4.11. The maximum atomic E-state index is 12.0. The number of rotatable bonds is 7. The summed E-state index contributed by atoms with van der Waals surface area (Å²) in [6.07, 6.45) is 8.89. The monoisotopic (exact) mass is 356 g/mol. The molecule has 0 saturated heterocycles. The largest absolute Gasteiger partial charge is 0.365 e. The molecular weight excluding hydrogens is 328 g/mol. The van der Waals surface area contributed by atoms with Crippen molar-refractivity contribution in [1.29, 1.82) is 0 Å². The van der Waals surface area contributed by atoms with E-state index < -0.39 is 5.63 Å². The number of carbonyl (C=O) groups is 1. The van der Waals surface area contributed by atoms with Crippen LogP contribution in [-0.4, -0.2) is 10.6 Å². The summed E-state index contributed by atoms with van der Waals surface area (Å²) in [4.78, 5) is 22.9. The number of allylic oxidation sites excluding steroid dienone is 4. The first kappa shape index (κ1) is 19.5. The minimum atomic E-state index is -0.419. The summed E-state index contributed by atoms with van der Waals surface area (Å²) < 4.78 is 6.42. The van der Waals surface area contributed by atoms with Gasteiger partial charge in [0.2, 0.25) is 5.91 Å². The van der Waals surface area contributed by atoms with E-state index in [-0.39, 0.29) is 14.0 Å². The molecule has 0 radical (unpaired) electrons. The van der Waals surface area contributed by atoms with Gasteiger partial charge in [0.25, 0.3) is 0 Å². The van der Waals surface area contributed by atoms with Crippen LogP contribution >= 0.6 is 0 Å². The van der Waals surface area contributed by atoms with E-state index in [1.54, 1.807) is 6.20 Å². The molecule has 0 aliphatic rings. The molecule has 140 valence electrons. The van der Waals surface area contributed by atoms with Crippen molar-refractivity contribution in [2.75, 3.05) is 0 Å². The van der Waals surface area contributed by atoms with Gasteiger partial charge in [-0.1, -0.05) is 61.9 Å². The minimum Gasteiger partial charge on any atom is -0.336 e. The van der Waals surface area contributed by atoms with Gasteiger partial charge in [0, 0.05) is 8.35 Å². The van der Waals surface area contributed by atoms with Crippen LogP contribution in [0.15, 0.2) is 63.6 Å². The van der Waals surface area contributed by atoms with Crippen molar-refractivity contribution in [2.45, 2.75) is 40.8 Å². The first-order valence-corrected chi connectivity index (χ1v) is 8.78. The highest BCUT2D eigenvalue weighted by Crippen LogP contribution is 2.17. The molecule has 1 heterocycles. The van der Waals surface area contributed by atoms with Crippen molar-refractivity contribution in [3.8, 4) is 11.1 Å². The summed E-state index contributed by atoms with van der Waals surface area (Å²) in [5, 5.41) is 2.59. The number of benzene rings is 1. The van der Waals surface area contributed by atoms with Crippen LogP contribution in [0, 0.1) is 5.92 Å². The van der Waals surface area contributed by atoms with Crippen LogP contribution in [-0.2, 0) is 17.9 Å². The highest BCUT2D eigenvalue weighted by Gasteiger charge is 2.09. The fraction of sp³-hybridized carbons (Fsp3) is 0.333. The molecule has 26 heavy (non-hydrogen) atoms. The summed E-state index contributed by atoms with van der Waals surface area (Å²) in [6, 6.07) is 7.85. The minimum absolute atomic E-state index is 0. The van der Waals surface area contributed by atoms with Crippen LogP contribution < -0.4 is 10.9 Å². The van der Waals surface area contributed by atoms with Gasteiger partial charge in [-0.05, 0) is 30.4 Å². The maximum absolute atomic E-state index is 12.0. The molecule has 2 rings (SSSR count). The van der Waals surface area contributed by atoms with Gasteiger partial charge in [0.05, 0.1) is 11.8 Å². The lowest BCUT2D eigenvalue weighted by Crippen LogP contribution is -2.22. The molecular formula is C21H28N2O3. The molecule has 1 aromatic heterocycles. The molecule has 0 aliphatic carbocycles. The average molecular weight is 356 g/mol. The summed E-state index contributed by atoms with van der Waals surface area (Å²) in [6.45, 7) is 7.96. The Labute approximate surface area is 155 Å². The third kappa shape index (κ3) is 5.34. The van der Waals surface area contributed by atoms with E-state index in [2.05, 4.69) is 44.3 Å². The van der Waals surface area contributed by atoms with Crippen molar-refractivity contribution >= 4 is 5.91 Å². The van der Waals surface area contributed by atoms with Crippen molar-refractivity contribution in [3.05, 3.63) is 70.2 Å². The smallest absolute Gasteiger partial charge is 0.336 e. The van der Waals surface area contributed by atoms with Gasteiger partial charge in [0.1, 0.15) is 6.67 Å². The van der Waals surface area contributed by atoms with Crippen LogP contribution in [0.25, 0.3) is 11.1 Å². The lowest BCUT2D eigenvalue weighted by Gasteiger charge is -2.05. The molecule has 0 unspecified atom stereocenters. The number of carbonyl (C=O) groups excluding carboxylic acids is 1. The van der Waals surface area contributed by atoms with Crippen LogP contribution in [0.2, 0.25) is 0 Å². The second-order valence-electron chi connectivity index (χ2n) is 6.48. The Hall–Kier alpha value is -2.82. The van der Waals surface area contributed by atoms with E-state index >= 15 is 0 Å². The van der Waals surface area contributed by atoms with E-state index in [4.69, 9.17) is 4.52 Å². The summed E-state index contributed by atoms with van der Waals surface area (Å²) >= 11 is 0. The molecule has 1 aromatic carbocycles. The van der Waals surface area contributed by atoms with Gasteiger partial charge in [-0.15, -0.1) is 0 Å². The highest BCUT2D eigenvalue weighted by molar-refractivity contribution is 5.72. The number of hydrogen-bond donors (Lipinski definition) is 1. The number of hydrogen-bond acceptors (Lipinski definition) is 3. The quantitative estimate of drug-likeness (QED) is 0.758. The third-order valence-corrected chi connectivity index (χ3v) is 4.11. The van der Waals surface area contributed by atoms with E-state index in [1.165, 1.54) is 22.8 Å². The molecule has 0 bridgehead atoms. The highest BCUT2D eigenvalue weighted by atomic mass is 16.5. The second kappa shape index (κ2) is 9.04. The van der Waals surface area contributed by atoms with Crippen LogP contribution in [0.5, 0.6) is 0 Å². The lowest BCUT2D eigenvalue weighted by atomic mass is 10.0. The fourth-order valence-electron chi connectivity index (χ4n) is 2.61. The van der Waals surface area contributed by atoms with Gasteiger partial charge in [-0.3, -0.25) is 4.79 Å². The lowest BCUT2D eigenvalue weighted by molar-refractivity contribution is -0.119. The summed E-state index contributed by atoms with van der Waals surface area (Å²) in [5.74, 6) is 0.332. The molecule has 0 aliphatic heterocycles. The van der Waals surface area contributed by atoms with Crippen LogP contribution in [0.4, 0.5) is 0 Å². The Bertz CT molecular complexity index is 858. The Morgan fingerprint density at radius 1 is 1.31 bits per heavy atom. The second-order valence-corrected chi connectivity index (χ2v) is 6.48. The molecule has 5 nitrogen and oxygen atoms in total. The van der Waals surface area contributed by atoms with Gasteiger partial charge in [-0.25, -0.2) is 4.79 Å². The number of amides is 1. The molecule has 1 amide bonds. The average Bonchev–Trinajstić information content (AvgIpc) is 2.98. The Morgan fingerprint density at radius 2 is 2.00 bits per heavy atom. The first-order valence-electron chi connectivity index (χ1n) is 8.78. The molecule has 0 saturated carbocycles. The molecule has 0 spiro atoms. The van der Waals surface area contributed by atoms with Crippen molar-refractivity contribution in [1.82, 2.24) is 10.1 Å². The SMILES string of the molecule is C/C=C(\C=C/Cc1ccc(-c2cn(CNC(C)=O)oc2=O)cc1)C(C)C.[HH]. The van der Waals surface area contributed by atoms with E-state index in [1.807, 2.05) is 24.3 Å². The Morgan fingerprint density at radius 3 is 2.58 bits per heavy atom.